The molecular weight excluding hydrogens is 427 g/mol. The first-order chi connectivity index (χ1) is 13.2. The molecule has 152 valence electrons. The van der Waals surface area contributed by atoms with Gasteiger partial charge in [-0.1, -0.05) is 29.3 Å². The van der Waals surface area contributed by atoms with Crippen LogP contribution < -0.4 is 19.1 Å². The van der Waals surface area contributed by atoms with E-state index in [9.17, 15) is 13.2 Å². The van der Waals surface area contributed by atoms with Crippen molar-refractivity contribution in [3.8, 4) is 11.5 Å². The summed E-state index contributed by atoms with van der Waals surface area (Å²) in [5.74, 6) is 0.759. The molecule has 0 aliphatic rings. The van der Waals surface area contributed by atoms with Crippen molar-refractivity contribution >= 4 is 44.8 Å². The van der Waals surface area contributed by atoms with Crippen LogP contribution in [0.1, 0.15) is 0 Å². The molecule has 0 aromatic heterocycles. The number of benzene rings is 2. The molecule has 0 atom stereocenters. The molecule has 0 unspecified atom stereocenters. The van der Waals surface area contributed by atoms with Gasteiger partial charge in [0.15, 0.2) is 0 Å². The third-order valence-electron chi connectivity index (χ3n) is 3.60. The van der Waals surface area contributed by atoms with Gasteiger partial charge in [0.05, 0.1) is 30.6 Å². The van der Waals surface area contributed by atoms with Crippen molar-refractivity contribution in [1.29, 1.82) is 0 Å². The number of sulfonamides is 1. The molecular formula is C18H20Cl2N2O5S. The number of halogens is 2. The minimum Gasteiger partial charge on any atom is -0.497 e. The van der Waals surface area contributed by atoms with E-state index < -0.39 is 22.5 Å². The number of hydrogen-bond acceptors (Lipinski definition) is 5. The lowest BCUT2D eigenvalue weighted by molar-refractivity contribution is -0.119. The third-order valence-corrected chi connectivity index (χ3v) is 5.26. The van der Waals surface area contributed by atoms with E-state index in [1.807, 2.05) is 0 Å². The van der Waals surface area contributed by atoms with Gasteiger partial charge in [-0.2, -0.15) is 0 Å². The molecule has 0 spiro atoms. The van der Waals surface area contributed by atoms with Crippen LogP contribution in [0.5, 0.6) is 11.5 Å². The standard InChI is InChI=1S/C18H20Cl2N2O5S/c1-26-14-4-3-5-15(11-14)27-9-8-21-18(23)12-22(28(2,24)25)17-7-6-13(19)10-16(17)20/h3-7,10-11H,8-9,12H2,1-2H3,(H,21,23). The van der Waals surface area contributed by atoms with Crippen LogP contribution in [-0.2, 0) is 14.8 Å². The van der Waals surface area contributed by atoms with Crippen molar-refractivity contribution in [2.24, 2.45) is 0 Å². The molecule has 1 N–H and O–H groups in total. The van der Waals surface area contributed by atoms with Crippen LogP contribution in [0, 0.1) is 0 Å². The largest absolute Gasteiger partial charge is 0.497 e. The zero-order valence-corrected chi connectivity index (χ0v) is 17.6. The Hall–Kier alpha value is -2.16. The molecule has 2 rings (SSSR count). The summed E-state index contributed by atoms with van der Waals surface area (Å²) in [6.45, 7) is -0.0131. The Morgan fingerprint density at radius 3 is 2.50 bits per heavy atom. The van der Waals surface area contributed by atoms with Gasteiger partial charge in [-0.3, -0.25) is 9.10 Å². The minimum absolute atomic E-state index is 0.132. The highest BCUT2D eigenvalue weighted by Gasteiger charge is 2.23. The topological polar surface area (TPSA) is 84.9 Å². The Morgan fingerprint density at radius 2 is 1.86 bits per heavy atom. The lowest BCUT2D eigenvalue weighted by atomic mass is 10.3. The number of carbonyl (C=O) groups is 1. The Labute approximate surface area is 174 Å². The van der Waals surface area contributed by atoms with Crippen molar-refractivity contribution < 1.29 is 22.7 Å². The van der Waals surface area contributed by atoms with E-state index in [0.29, 0.717) is 16.5 Å². The molecule has 0 aliphatic heterocycles. The smallest absolute Gasteiger partial charge is 0.240 e. The van der Waals surface area contributed by atoms with Crippen molar-refractivity contribution in [1.82, 2.24) is 5.32 Å². The minimum atomic E-state index is -3.73. The molecule has 0 fully saturated rings. The maximum Gasteiger partial charge on any atom is 0.240 e. The van der Waals surface area contributed by atoms with Crippen LogP contribution >= 0.6 is 23.2 Å². The first kappa shape index (κ1) is 22.1. The SMILES string of the molecule is COc1cccc(OCCNC(=O)CN(c2ccc(Cl)cc2Cl)S(C)(=O)=O)c1. The van der Waals surface area contributed by atoms with Gasteiger partial charge in [-0.25, -0.2) is 8.42 Å². The number of amides is 1. The number of methoxy groups -OCH3 is 1. The fraction of sp³-hybridized carbons (Fsp3) is 0.278. The molecule has 2 aromatic rings. The number of carbonyl (C=O) groups excluding carboxylic acids is 1. The van der Waals surface area contributed by atoms with Crippen LogP contribution in [0.3, 0.4) is 0 Å². The fourth-order valence-electron chi connectivity index (χ4n) is 2.30. The van der Waals surface area contributed by atoms with Crippen molar-refractivity contribution in [3.63, 3.8) is 0 Å². The molecule has 0 radical (unpaired) electrons. The predicted molar refractivity (Wildman–Crippen MR) is 110 cm³/mol. The molecule has 7 nitrogen and oxygen atoms in total. The van der Waals surface area contributed by atoms with Gasteiger partial charge in [0.25, 0.3) is 0 Å². The van der Waals surface area contributed by atoms with E-state index in [1.54, 1.807) is 31.4 Å². The highest BCUT2D eigenvalue weighted by molar-refractivity contribution is 7.92. The number of hydrogen-bond donors (Lipinski definition) is 1. The normalized spacial score (nSPS) is 11.0. The molecule has 0 saturated heterocycles. The van der Waals surface area contributed by atoms with Crippen molar-refractivity contribution in [2.75, 3.05) is 37.4 Å². The van der Waals surface area contributed by atoms with Crippen molar-refractivity contribution in [3.05, 3.63) is 52.5 Å². The van der Waals surface area contributed by atoms with Crippen LogP contribution in [0.4, 0.5) is 5.69 Å². The van der Waals surface area contributed by atoms with Gasteiger partial charge in [0.1, 0.15) is 24.7 Å². The summed E-state index contributed by atoms with van der Waals surface area (Å²) in [7, 11) is -2.17. The number of nitrogens with one attached hydrogen (secondary N) is 1. The second-order valence-electron chi connectivity index (χ2n) is 5.74. The zero-order valence-electron chi connectivity index (χ0n) is 15.3. The molecule has 2 aromatic carbocycles. The summed E-state index contributed by atoms with van der Waals surface area (Å²) < 4.78 is 35.7. The van der Waals surface area contributed by atoms with Crippen LogP contribution in [-0.4, -0.2) is 47.4 Å². The van der Waals surface area contributed by atoms with Gasteiger partial charge in [-0.05, 0) is 30.3 Å². The zero-order chi connectivity index (χ0) is 20.7. The third kappa shape index (κ3) is 6.47. The highest BCUT2D eigenvalue weighted by Crippen LogP contribution is 2.30. The van der Waals surface area contributed by atoms with E-state index >= 15 is 0 Å². The average molecular weight is 447 g/mol. The first-order valence-electron chi connectivity index (χ1n) is 8.17. The maximum absolute atomic E-state index is 12.2. The Balaban J connectivity index is 1.93. The van der Waals surface area contributed by atoms with Gasteiger partial charge in [0.2, 0.25) is 15.9 Å². The molecule has 0 bridgehead atoms. The van der Waals surface area contributed by atoms with Crippen LogP contribution in [0.2, 0.25) is 10.0 Å². The molecule has 0 aliphatic carbocycles. The lowest BCUT2D eigenvalue weighted by Gasteiger charge is -2.23. The Kier molecular flexibility index (Phi) is 7.79. The second kappa shape index (κ2) is 9.86. The summed E-state index contributed by atoms with van der Waals surface area (Å²) >= 11 is 11.9. The average Bonchev–Trinajstić information content (AvgIpc) is 2.63. The molecule has 10 heteroatoms. The van der Waals surface area contributed by atoms with Gasteiger partial charge in [0, 0.05) is 11.1 Å². The fourth-order valence-corrected chi connectivity index (χ4v) is 3.73. The van der Waals surface area contributed by atoms with E-state index in [4.69, 9.17) is 32.7 Å². The lowest BCUT2D eigenvalue weighted by Crippen LogP contribution is -2.41. The van der Waals surface area contributed by atoms with Gasteiger partial charge >= 0.3 is 0 Å². The van der Waals surface area contributed by atoms with Gasteiger partial charge < -0.3 is 14.8 Å². The number of rotatable bonds is 9. The number of nitrogens with zero attached hydrogens (tertiary/aromatic N) is 1. The summed E-state index contributed by atoms with van der Waals surface area (Å²) in [5, 5.41) is 3.11. The van der Waals surface area contributed by atoms with Crippen molar-refractivity contribution in [2.45, 2.75) is 0 Å². The number of ether oxygens (including phenoxy) is 2. The molecule has 0 heterocycles. The summed E-state index contributed by atoms with van der Waals surface area (Å²) in [4.78, 5) is 12.2. The Bertz CT molecular complexity index is 937. The maximum atomic E-state index is 12.2. The van der Waals surface area contributed by atoms with Crippen LogP contribution in [0.15, 0.2) is 42.5 Å². The molecule has 28 heavy (non-hydrogen) atoms. The predicted octanol–water partition coefficient (Wildman–Crippen LogP) is 2.96. The van der Waals surface area contributed by atoms with Gasteiger partial charge in [-0.15, -0.1) is 0 Å². The summed E-state index contributed by atoms with van der Waals surface area (Å²) in [6, 6.07) is 11.4. The summed E-state index contributed by atoms with van der Waals surface area (Å²) in [5.41, 5.74) is 0.177. The van der Waals surface area contributed by atoms with E-state index in [1.165, 1.54) is 18.2 Å². The first-order valence-corrected chi connectivity index (χ1v) is 10.8. The monoisotopic (exact) mass is 446 g/mol. The molecule has 1 amide bonds. The highest BCUT2D eigenvalue weighted by atomic mass is 35.5. The second-order valence-corrected chi connectivity index (χ2v) is 8.49. The quantitative estimate of drug-likeness (QED) is 0.598. The Morgan fingerprint density at radius 1 is 1.14 bits per heavy atom. The van der Waals surface area contributed by atoms with E-state index in [0.717, 1.165) is 10.6 Å². The van der Waals surface area contributed by atoms with Crippen LogP contribution in [0.25, 0.3) is 0 Å². The van der Waals surface area contributed by atoms with E-state index in [2.05, 4.69) is 5.32 Å². The summed E-state index contributed by atoms with van der Waals surface area (Å²) in [6.07, 6.45) is 0.997. The number of anilines is 1. The molecule has 0 saturated carbocycles. The van der Waals surface area contributed by atoms with E-state index in [-0.39, 0.29) is 23.9 Å².